The molecule has 1 aliphatic rings. The number of carboxylic acid groups (broad SMARTS) is 1. The molecule has 1 aromatic rings. The van der Waals surface area contributed by atoms with Gasteiger partial charge in [-0.25, -0.2) is 0 Å². The van der Waals surface area contributed by atoms with E-state index < -0.39 is 12.0 Å². The van der Waals surface area contributed by atoms with Crippen LogP contribution in [0, 0.1) is 5.41 Å². The van der Waals surface area contributed by atoms with E-state index in [1.807, 2.05) is 32.9 Å². The third kappa shape index (κ3) is 3.74. The second-order valence-electron chi connectivity index (χ2n) is 6.54. The molecule has 0 saturated carbocycles. The number of carbonyl (C=O) groups excluding carboxylic acids is 1. The maximum absolute atomic E-state index is 12.4. The Hall–Kier alpha value is -2.04. The number of benzene rings is 1. The van der Waals surface area contributed by atoms with Crippen molar-refractivity contribution in [1.82, 2.24) is 5.32 Å². The molecule has 0 radical (unpaired) electrons. The van der Waals surface area contributed by atoms with Crippen LogP contribution in [0.1, 0.15) is 43.1 Å². The summed E-state index contributed by atoms with van der Waals surface area (Å²) in [4.78, 5) is 23.3. The van der Waals surface area contributed by atoms with Gasteiger partial charge < -0.3 is 15.7 Å². The summed E-state index contributed by atoms with van der Waals surface area (Å²) >= 11 is 0. The van der Waals surface area contributed by atoms with Gasteiger partial charge in [-0.3, -0.25) is 9.59 Å². The average molecular weight is 290 g/mol. The summed E-state index contributed by atoms with van der Waals surface area (Å²) in [6, 6.07) is 5.15. The largest absolute Gasteiger partial charge is 0.481 e. The van der Waals surface area contributed by atoms with Crippen LogP contribution in [0.25, 0.3) is 0 Å². The van der Waals surface area contributed by atoms with E-state index in [1.54, 1.807) is 6.07 Å². The van der Waals surface area contributed by atoms with Crippen molar-refractivity contribution < 1.29 is 14.7 Å². The maximum Gasteiger partial charge on any atom is 0.305 e. The highest BCUT2D eigenvalue weighted by molar-refractivity contribution is 5.95. The lowest BCUT2D eigenvalue weighted by atomic mass is 9.84. The van der Waals surface area contributed by atoms with Crippen LogP contribution < -0.4 is 10.6 Å². The molecule has 1 aromatic carbocycles. The first-order valence-corrected chi connectivity index (χ1v) is 7.17. The molecule has 3 N–H and O–H groups in total. The second-order valence-corrected chi connectivity index (χ2v) is 6.54. The topological polar surface area (TPSA) is 78.4 Å². The number of fused-ring (bicyclic) bond motifs is 1. The Kier molecular flexibility index (Phi) is 4.21. The smallest absolute Gasteiger partial charge is 0.305 e. The van der Waals surface area contributed by atoms with E-state index in [4.69, 9.17) is 5.11 Å². The van der Waals surface area contributed by atoms with Gasteiger partial charge in [-0.05, 0) is 35.6 Å². The highest BCUT2D eigenvalue weighted by Gasteiger charge is 2.29. The molecule has 1 amide bonds. The van der Waals surface area contributed by atoms with Crippen LogP contribution in [0.2, 0.25) is 0 Å². The zero-order chi connectivity index (χ0) is 15.6. The molecule has 1 heterocycles. The molecule has 1 atom stereocenters. The molecule has 0 saturated heterocycles. The minimum atomic E-state index is -0.909. The summed E-state index contributed by atoms with van der Waals surface area (Å²) in [6.07, 6.45) is 0.829. The molecule has 1 unspecified atom stereocenters. The SMILES string of the molecule is CC(C)(C)C(CC(=O)O)NC(=O)c1ccc2c(c1)CCN2. The quantitative estimate of drug-likeness (QED) is 0.795. The number of rotatable bonds is 4. The molecule has 114 valence electrons. The van der Waals surface area contributed by atoms with Crippen LogP contribution >= 0.6 is 0 Å². The molecule has 0 spiro atoms. The number of amides is 1. The van der Waals surface area contributed by atoms with Crippen molar-refractivity contribution in [3.05, 3.63) is 29.3 Å². The van der Waals surface area contributed by atoms with E-state index in [0.717, 1.165) is 24.2 Å². The molecule has 1 aliphatic heterocycles. The molecule has 0 bridgehead atoms. The minimum absolute atomic E-state index is 0.0816. The number of carboxylic acids is 1. The zero-order valence-corrected chi connectivity index (χ0v) is 12.7. The maximum atomic E-state index is 12.4. The van der Waals surface area contributed by atoms with E-state index in [0.29, 0.717) is 5.56 Å². The number of carbonyl (C=O) groups is 2. The van der Waals surface area contributed by atoms with Gasteiger partial charge in [0, 0.05) is 23.8 Å². The van der Waals surface area contributed by atoms with Crippen LogP contribution in [-0.4, -0.2) is 29.6 Å². The van der Waals surface area contributed by atoms with E-state index in [9.17, 15) is 9.59 Å². The summed E-state index contributed by atoms with van der Waals surface area (Å²) < 4.78 is 0. The lowest BCUT2D eigenvalue weighted by molar-refractivity contribution is -0.138. The Bertz CT molecular complexity index is 561. The number of hydrogen-bond donors (Lipinski definition) is 3. The Morgan fingerprint density at radius 3 is 2.71 bits per heavy atom. The Labute approximate surface area is 124 Å². The molecule has 5 heteroatoms. The normalized spacial score (nSPS) is 15.0. The van der Waals surface area contributed by atoms with E-state index >= 15 is 0 Å². The first-order chi connectivity index (χ1) is 9.77. The van der Waals surface area contributed by atoms with Gasteiger partial charge in [-0.2, -0.15) is 0 Å². The highest BCUT2D eigenvalue weighted by atomic mass is 16.4. The van der Waals surface area contributed by atoms with Crippen LogP contribution in [-0.2, 0) is 11.2 Å². The monoisotopic (exact) mass is 290 g/mol. The van der Waals surface area contributed by atoms with Crippen molar-refractivity contribution >= 4 is 17.6 Å². The van der Waals surface area contributed by atoms with Gasteiger partial charge in [0.2, 0.25) is 0 Å². The summed E-state index contributed by atoms with van der Waals surface area (Å²) in [7, 11) is 0. The van der Waals surface area contributed by atoms with Crippen molar-refractivity contribution in [3.63, 3.8) is 0 Å². The van der Waals surface area contributed by atoms with Crippen LogP contribution in [0.15, 0.2) is 18.2 Å². The van der Waals surface area contributed by atoms with Gasteiger partial charge in [0.1, 0.15) is 0 Å². The second kappa shape index (κ2) is 5.76. The van der Waals surface area contributed by atoms with Gasteiger partial charge in [0.05, 0.1) is 6.42 Å². The zero-order valence-electron chi connectivity index (χ0n) is 12.7. The van der Waals surface area contributed by atoms with Crippen molar-refractivity contribution in [3.8, 4) is 0 Å². The Balaban J connectivity index is 2.13. The summed E-state index contributed by atoms with van der Waals surface area (Å²) in [5, 5.41) is 15.1. The average Bonchev–Trinajstić information content (AvgIpc) is 2.83. The van der Waals surface area contributed by atoms with Gasteiger partial charge in [0.15, 0.2) is 0 Å². The predicted octanol–water partition coefficient (Wildman–Crippen LogP) is 2.27. The molecule has 2 rings (SSSR count). The van der Waals surface area contributed by atoms with Gasteiger partial charge in [-0.15, -0.1) is 0 Å². The fourth-order valence-corrected chi connectivity index (χ4v) is 2.44. The number of hydrogen-bond acceptors (Lipinski definition) is 3. The molecular formula is C16H22N2O3. The number of nitrogens with one attached hydrogen (secondary N) is 2. The molecule has 0 fully saturated rings. The third-order valence-electron chi connectivity index (χ3n) is 3.81. The molecule has 5 nitrogen and oxygen atoms in total. The Morgan fingerprint density at radius 2 is 2.10 bits per heavy atom. The molecule has 21 heavy (non-hydrogen) atoms. The lowest BCUT2D eigenvalue weighted by Crippen LogP contribution is -2.45. The first-order valence-electron chi connectivity index (χ1n) is 7.17. The van der Waals surface area contributed by atoms with Crippen LogP contribution in [0.3, 0.4) is 0 Å². The summed E-state index contributed by atoms with van der Waals surface area (Å²) in [6.45, 7) is 6.67. The summed E-state index contributed by atoms with van der Waals surface area (Å²) in [5.74, 6) is -1.13. The predicted molar refractivity (Wildman–Crippen MR) is 81.6 cm³/mol. The van der Waals surface area contributed by atoms with Gasteiger partial charge in [-0.1, -0.05) is 20.8 Å². The lowest BCUT2D eigenvalue weighted by Gasteiger charge is -2.30. The fourth-order valence-electron chi connectivity index (χ4n) is 2.44. The van der Waals surface area contributed by atoms with E-state index in [-0.39, 0.29) is 17.7 Å². The standard InChI is InChI=1S/C16H22N2O3/c1-16(2,3)13(9-14(19)20)18-15(21)11-4-5-12-10(8-11)6-7-17-12/h4-5,8,13,17H,6-7,9H2,1-3H3,(H,18,21)(H,19,20). The van der Waals surface area contributed by atoms with Crippen molar-refractivity contribution in [1.29, 1.82) is 0 Å². The van der Waals surface area contributed by atoms with Gasteiger partial charge in [0.25, 0.3) is 5.91 Å². The van der Waals surface area contributed by atoms with Crippen molar-refractivity contribution in [2.24, 2.45) is 5.41 Å². The highest BCUT2D eigenvalue weighted by Crippen LogP contribution is 2.25. The third-order valence-corrected chi connectivity index (χ3v) is 3.81. The van der Waals surface area contributed by atoms with E-state index in [1.165, 1.54) is 0 Å². The first kappa shape index (κ1) is 15.4. The Morgan fingerprint density at radius 1 is 1.38 bits per heavy atom. The summed E-state index contributed by atoms with van der Waals surface area (Å²) in [5.41, 5.74) is 2.47. The fraction of sp³-hybridized carbons (Fsp3) is 0.500. The van der Waals surface area contributed by atoms with Crippen LogP contribution in [0.5, 0.6) is 0 Å². The van der Waals surface area contributed by atoms with E-state index in [2.05, 4.69) is 10.6 Å². The van der Waals surface area contributed by atoms with Crippen LogP contribution in [0.4, 0.5) is 5.69 Å². The number of aliphatic carboxylic acids is 1. The van der Waals surface area contributed by atoms with Crippen molar-refractivity contribution in [2.75, 3.05) is 11.9 Å². The molecular weight excluding hydrogens is 268 g/mol. The number of anilines is 1. The molecule has 0 aliphatic carbocycles. The molecule has 0 aromatic heterocycles. The van der Waals surface area contributed by atoms with Gasteiger partial charge >= 0.3 is 5.97 Å². The van der Waals surface area contributed by atoms with Crippen molar-refractivity contribution in [2.45, 2.75) is 39.7 Å². The minimum Gasteiger partial charge on any atom is -0.481 e.